The lowest BCUT2D eigenvalue weighted by atomic mass is 9.94. The highest BCUT2D eigenvalue weighted by Gasteiger charge is 2.28. The number of aromatic hydroxyl groups is 1. The number of hydrogen-bond donors (Lipinski definition) is 2. The van der Waals surface area contributed by atoms with Gasteiger partial charge in [0.15, 0.2) is 23.0 Å². The van der Waals surface area contributed by atoms with Crippen LogP contribution in [0.15, 0.2) is 23.4 Å². The smallest absolute Gasteiger partial charge is 0.203 e. The minimum Gasteiger partial charge on any atom is -0.504 e. The van der Waals surface area contributed by atoms with E-state index in [9.17, 15) is 10.3 Å². The maximum Gasteiger partial charge on any atom is 0.203 e. The number of methoxy groups -OCH3 is 4. The molecule has 1 aliphatic rings. The zero-order valence-corrected chi connectivity index (χ0v) is 15.1. The van der Waals surface area contributed by atoms with Crippen molar-refractivity contribution < 1.29 is 29.3 Å². The van der Waals surface area contributed by atoms with Crippen LogP contribution >= 0.6 is 0 Å². The Bertz CT molecular complexity index is 875. The molecule has 0 amide bonds. The second-order valence-corrected chi connectivity index (χ2v) is 5.80. The summed E-state index contributed by atoms with van der Waals surface area (Å²) in [7, 11) is 6.14. The van der Waals surface area contributed by atoms with E-state index in [4.69, 9.17) is 18.9 Å². The van der Waals surface area contributed by atoms with Gasteiger partial charge < -0.3 is 29.3 Å². The van der Waals surface area contributed by atoms with E-state index in [-0.39, 0.29) is 5.75 Å². The summed E-state index contributed by atoms with van der Waals surface area (Å²) in [6.07, 6.45) is 1.09. The Kier molecular flexibility index (Phi) is 4.79. The number of rotatable bonds is 4. The van der Waals surface area contributed by atoms with Crippen LogP contribution in [0.2, 0.25) is 0 Å². The first-order valence-corrected chi connectivity index (χ1v) is 8.04. The summed E-state index contributed by atoms with van der Waals surface area (Å²) in [6, 6.07) is 5.13. The molecule has 0 radical (unpaired) electrons. The van der Waals surface area contributed by atoms with Crippen LogP contribution in [0.25, 0.3) is 11.1 Å². The zero-order chi connectivity index (χ0) is 18.8. The molecule has 0 fully saturated rings. The first kappa shape index (κ1) is 17.7. The van der Waals surface area contributed by atoms with Gasteiger partial charge in [0.1, 0.15) is 0 Å². The summed E-state index contributed by atoms with van der Waals surface area (Å²) >= 11 is 0. The molecule has 3 rings (SSSR count). The molecule has 2 aromatic carbocycles. The molecule has 0 unspecified atom stereocenters. The highest BCUT2D eigenvalue weighted by molar-refractivity contribution is 6.08. The SMILES string of the molecule is COc1cc2c(cc1O)/C(=N\O)CCc1cc(OC)c(OC)c(OC)c1-2. The Morgan fingerprint density at radius 3 is 2.08 bits per heavy atom. The number of hydrogen-bond acceptors (Lipinski definition) is 7. The molecule has 7 nitrogen and oxygen atoms in total. The Hall–Kier alpha value is -3.09. The van der Waals surface area contributed by atoms with Crippen molar-refractivity contribution in [3.63, 3.8) is 0 Å². The summed E-state index contributed by atoms with van der Waals surface area (Å²) in [4.78, 5) is 0. The molecule has 0 atom stereocenters. The monoisotopic (exact) mass is 359 g/mol. The van der Waals surface area contributed by atoms with Crippen LogP contribution < -0.4 is 18.9 Å². The van der Waals surface area contributed by atoms with E-state index in [2.05, 4.69) is 5.16 Å². The van der Waals surface area contributed by atoms with Gasteiger partial charge in [0.2, 0.25) is 5.75 Å². The number of nitrogens with zero attached hydrogens (tertiary/aromatic N) is 1. The third-order valence-corrected chi connectivity index (χ3v) is 4.56. The van der Waals surface area contributed by atoms with E-state index >= 15 is 0 Å². The fraction of sp³-hybridized carbons (Fsp3) is 0.316. The number of phenols is 1. The highest BCUT2D eigenvalue weighted by Crippen LogP contribution is 2.50. The second-order valence-electron chi connectivity index (χ2n) is 5.80. The van der Waals surface area contributed by atoms with Crippen molar-refractivity contribution in [3.05, 3.63) is 29.3 Å². The molecule has 1 aliphatic carbocycles. The van der Waals surface area contributed by atoms with Crippen LogP contribution in [0.4, 0.5) is 0 Å². The van der Waals surface area contributed by atoms with E-state index < -0.39 is 0 Å². The average molecular weight is 359 g/mol. The van der Waals surface area contributed by atoms with Gasteiger partial charge in [-0.2, -0.15) is 0 Å². The molecule has 0 aliphatic heterocycles. The van der Waals surface area contributed by atoms with Gasteiger partial charge in [-0.3, -0.25) is 0 Å². The lowest BCUT2D eigenvalue weighted by Gasteiger charge is -2.20. The van der Waals surface area contributed by atoms with Gasteiger partial charge in [-0.25, -0.2) is 0 Å². The van der Waals surface area contributed by atoms with Gasteiger partial charge in [-0.15, -0.1) is 0 Å². The Morgan fingerprint density at radius 2 is 1.50 bits per heavy atom. The van der Waals surface area contributed by atoms with Crippen LogP contribution in [-0.2, 0) is 6.42 Å². The van der Waals surface area contributed by atoms with Crippen molar-refractivity contribution in [1.82, 2.24) is 0 Å². The standard InChI is InChI=1S/C19H21NO6/c1-23-15-9-12-11(8-14(15)21)13(20-22)6-5-10-7-16(24-2)18(25-3)19(26-4)17(10)12/h7-9,21-22H,5-6H2,1-4H3/b20-13-. The van der Waals surface area contributed by atoms with Gasteiger partial charge in [-0.1, -0.05) is 5.16 Å². The Labute approximate surface area is 151 Å². The number of benzene rings is 2. The Morgan fingerprint density at radius 1 is 0.808 bits per heavy atom. The van der Waals surface area contributed by atoms with Crippen LogP contribution in [0, 0.1) is 0 Å². The van der Waals surface area contributed by atoms with Crippen molar-refractivity contribution >= 4 is 5.71 Å². The minimum atomic E-state index is -0.0321. The van der Waals surface area contributed by atoms with E-state index in [0.717, 1.165) is 16.7 Å². The van der Waals surface area contributed by atoms with Crippen LogP contribution in [0.3, 0.4) is 0 Å². The van der Waals surface area contributed by atoms with Gasteiger partial charge in [0.25, 0.3) is 0 Å². The maximum absolute atomic E-state index is 10.2. The van der Waals surface area contributed by atoms with E-state index in [0.29, 0.717) is 47.1 Å². The highest BCUT2D eigenvalue weighted by atomic mass is 16.5. The molecule has 0 saturated heterocycles. The average Bonchev–Trinajstić information content (AvgIpc) is 2.81. The third kappa shape index (κ3) is 2.65. The number of fused-ring (bicyclic) bond motifs is 3. The summed E-state index contributed by atoms with van der Waals surface area (Å²) < 4.78 is 21.9. The van der Waals surface area contributed by atoms with Crippen molar-refractivity contribution in [2.75, 3.05) is 28.4 Å². The summed E-state index contributed by atoms with van der Waals surface area (Å²) in [5.74, 6) is 1.81. The van der Waals surface area contributed by atoms with Crippen LogP contribution in [-0.4, -0.2) is 44.5 Å². The second kappa shape index (κ2) is 7.03. The maximum atomic E-state index is 10.2. The van der Waals surface area contributed by atoms with Gasteiger partial charge >= 0.3 is 0 Å². The molecule has 2 N–H and O–H groups in total. The number of phenolic OH excluding ortho intramolecular Hbond substituents is 1. The van der Waals surface area contributed by atoms with Crippen molar-refractivity contribution in [3.8, 4) is 39.9 Å². The topological polar surface area (TPSA) is 89.7 Å². The van der Waals surface area contributed by atoms with Crippen LogP contribution in [0.1, 0.15) is 17.5 Å². The number of ether oxygens (including phenoxy) is 4. The fourth-order valence-electron chi connectivity index (χ4n) is 3.37. The Balaban J connectivity index is 2.43. The van der Waals surface area contributed by atoms with Crippen molar-refractivity contribution in [2.45, 2.75) is 12.8 Å². The molecule has 7 heteroatoms. The van der Waals surface area contributed by atoms with Crippen molar-refractivity contribution in [2.24, 2.45) is 5.16 Å². The van der Waals surface area contributed by atoms with Gasteiger partial charge in [-0.05, 0) is 42.2 Å². The van der Waals surface area contributed by atoms with Crippen LogP contribution in [0.5, 0.6) is 28.7 Å². The molecule has 0 aromatic heterocycles. The zero-order valence-electron chi connectivity index (χ0n) is 15.1. The molecule has 0 spiro atoms. The molecule has 0 saturated carbocycles. The first-order valence-electron chi connectivity index (χ1n) is 8.04. The molecular weight excluding hydrogens is 338 g/mol. The molecule has 138 valence electrons. The lowest BCUT2D eigenvalue weighted by molar-refractivity contribution is 0.318. The van der Waals surface area contributed by atoms with Crippen molar-refractivity contribution in [1.29, 1.82) is 0 Å². The largest absolute Gasteiger partial charge is 0.504 e. The number of oxime groups is 1. The summed E-state index contributed by atoms with van der Waals surface area (Å²) in [6.45, 7) is 0. The quantitative estimate of drug-likeness (QED) is 0.644. The molecule has 2 aromatic rings. The first-order chi connectivity index (χ1) is 12.6. The normalized spacial score (nSPS) is 14.2. The number of aryl methyl sites for hydroxylation is 1. The predicted octanol–water partition coefficient (Wildman–Crippen LogP) is 3.22. The van der Waals surface area contributed by atoms with E-state index in [1.807, 2.05) is 6.07 Å². The summed E-state index contributed by atoms with van der Waals surface area (Å²) in [5.41, 5.74) is 3.53. The van der Waals surface area contributed by atoms with Gasteiger partial charge in [0, 0.05) is 11.1 Å². The molecule has 0 bridgehead atoms. The van der Waals surface area contributed by atoms with E-state index in [1.165, 1.54) is 13.2 Å². The lowest BCUT2D eigenvalue weighted by Crippen LogP contribution is -2.02. The molecular formula is C19H21NO6. The third-order valence-electron chi connectivity index (χ3n) is 4.56. The molecule has 26 heavy (non-hydrogen) atoms. The minimum absolute atomic E-state index is 0.0321. The fourth-order valence-corrected chi connectivity index (χ4v) is 3.37. The molecule has 0 heterocycles. The van der Waals surface area contributed by atoms with Gasteiger partial charge in [0.05, 0.1) is 34.2 Å². The summed E-state index contributed by atoms with van der Waals surface area (Å²) in [5, 5.41) is 23.1. The predicted molar refractivity (Wildman–Crippen MR) is 96.4 cm³/mol. The van der Waals surface area contributed by atoms with E-state index in [1.54, 1.807) is 27.4 Å².